The Labute approximate surface area is 257 Å². The molecule has 1 saturated heterocycles. The van der Waals surface area contributed by atoms with Crippen LogP contribution in [0.15, 0.2) is 11.1 Å². The Morgan fingerprint density at radius 1 is 1.11 bits per heavy atom. The quantitative estimate of drug-likeness (QED) is 0.205. The van der Waals surface area contributed by atoms with Crippen molar-refractivity contribution in [2.75, 3.05) is 25.7 Å². The van der Waals surface area contributed by atoms with E-state index in [2.05, 4.69) is 15.0 Å². The van der Waals surface area contributed by atoms with Crippen LogP contribution in [-0.4, -0.2) is 71.2 Å². The number of aromatic amines is 1. The summed E-state index contributed by atoms with van der Waals surface area (Å²) in [7, 11) is -10.7. The van der Waals surface area contributed by atoms with Crippen LogP contribution in [0.3, 0.4) is 0 Å². The molecule has 2 aromatic rings. The summed E-state index contributed by atoms with van der Waals surface area (Å²) >= 11 is 0. The molecule has 2 aromatic heterocycles. The minimum atomic E-state index is -3.13. The van der Waals surface area contributed by atoms with Crippen molar-refractivity contribution in [1.29, 1.82) is 0 Å². The van der Waals surface area contributed by atoms with E-state index >= 15 is 0 Å². The fraction of sp³-hybridized carbons (Fsp3) is 0.615. The average Bonchev–Trinajstić information content (AvgIpc) is 3.21. The molecule has 3 heterocycles. The van der Waals surface area contributed by atoms with E-state index in [-0.39, 0.29) is 95.1 Å². The summed E-state index contributed by atoms with van der Waals surface area (Å²) < 4.78 is 58.8. The molecule has 0 saturated carbocycles. The van der Waals surface area contributed by atoms with Gasteiger partial charge in [0.25, 0.3) is 5.56 Å². The second kappa shape index (κ2) is 19.1. The first-order valence-corrected chi connectivity index (χ1v) is 15.5. The molecule has 3 rings (SSSR count). The Morgan fingerprint density at radius 2 is 1.64 bits per heavy atom. The van der Waals surface area contributed by atoms with Crippen LogP contribution in [-0.2, 0) is 97.5 Å². The first kappa shape index (κ1) is 39.1. The molecule has 6 atom stereocenters. The molecular formula is C13H27N5O12P4Y2. The van der Waals surface area contributed by atoms with Gasteiger partial charge in [-0.3, -0.25) is 32.6 Å². The SMILES string of the molecule is CC1C(O[PH](C)=O)[C@@H](CO[PH](C)=O)O[C@H]1n1cnc2c(=O)[nH]c(N)nc21.O=[PH](O)O.O=[PH](O)O.[Y].[Y]. The molecule has 4 unspecified atom stereocenters. The van der Waals surface area contributed by atoms with Crippen molar-refractivity contribution in [3.05, 3.63) is 16.7 Å². The van der Waals surface area contributed by atoms with Crippen molar-refractivity contribution in [2.24, 2.45) is 5.92 Å². The number of hydrogen-bond donors (Lipinski definition) is 6. The smallest absolute Gasteiger partial charge is 0.314 e. The molecule has 1 aliphatic rings. The number of nitrogens with one attached hydrogen (secondary N) is 1. The maximum absolute atomic E-state index is 12.0. The normalized spacial score (nSPS) is 22.5. The Balaban J connectivity index is 0. The van der Waals surface area contributed by atoms with E-state index < -0.39 is 56.6 Å². The summed E-state index contributed by atoms with van der Waals surface area (Å²) in [5, 5.41) is 0. The van der Waals surface area contributed by atoms with Gasteiger partial charge < -0.3 is 39.1 Å². The van der Waals surface area contributed by atoms with Gasteiger partial charge in [-0.05, 0) is 0 Å². The van der Waals surface area contributed by atoms with Gasteiger partial charge in [-0.15, -0.1) is 0 Å². The topological polar surface area (TPSA) is 266 Å². The molecule has 0 bridgehead atoms. The number of fused-ring (bicyclic) bond motifs is 1. The Kier molecular flexibility index (Phi) is 20.8. The van der Waals surface area contributed by atoms with Crippen molar-refractivity contribution < 1.29 is 117 Å². The number of H-pyrrole nitrogens is 1. The molecular weight excluding hydrogens is 720 g/mol. The molecule has 17 nitrogen and oxygen atoms in total. The molecule has 0 aromatic carbocycles. The standard InChI is InChI=1S/C13H21N5O6P2.2H3O3P.2Y/c1-6-9(24-26(3)21)7(4-22-25(2)20)23-12(6)18-5-15-8-10(18)16-13(14)17-11(8)19;2*1-4(2)3;;/h5-7,9,12,25-26H,4H2,1-3H3,(H3,14,16,17,19);2*4H,(H2,1,2,3);;/t6?,7-,9?,12-;;;;/m1..../s1. The van der Waals surface area contributed by atoms with Crippen molar-refractivity contribution in [1.82, 2.24) is 19.5 Å². The number of anilines is 1. The Morgan fingerprint density at radius 3 is 2.11 bits per heavy atom. The second-order valence-electron chi connectivity index (χ2n) is 6.64. The van der Waals surface area contributed by atoms with Crippen LogP contribution in [0.5, 0.6) is 0 Å². The summed E-state index contributed by atoms with van der Waals surface area (Å²) in [6.07, 6.45) is -0.261. The zero-order valence-corrected chi connectivity index (χ0v) is 28.9. The van der Waals surface area contributed by atoms with Crippen molar-refractivity contribution in [3.8, 4) is 0 Å². The number of nitrogen functional groups attached to an aromatic ring is 1. The van der Waals surface area contributed by atoms with Crippen LogP contribution in [0.2, 0.25) is 0 Å². The van der Waals surface area contributed by atoms with Gasteiger partial charge in [-0.2, -0.15) is 4.98 Å². The molecule has 7 N–H and O–H groups in total. The molecule has 0 spiro atoms. The third-order valence-electron chi connectivity index (χ3n) is 4.13. The van der Waals surface area contributed by atoms with Gasteiger partial charge in [0, 0.05) is 84.7 Å². The van der Waals surface area contributed by atoms with E-state index in [0.717, 1.165) is 0 Å². The van der Waals surface area contributed by atoms with Gasteiger partial charge in [-0.1, -0.05) is 6.92 Å². The molecule has 36 heavy (non-hydrogen) atoms. The Bertz CT molecular complexity index is 1100. The van der Waals surface area contributed by atoms with Gasteiger partial charge in [0.05, 0.1) is 12.9 Å². The number of hydrogen-bond acceptors (Lipinski definition) is 11. The number of aromatic nitrogens is 4. The summed E-state index contributed by atoms with van der Waals surface area (Å²) in [5.74, 6) is -0.290. The van der Waals surface area contributed by atoms with E-state index in [0.29, 0.717) is 0 Å². The maximum atomic E-state index is 12.0. The number of nitrogens with two attached hydrogens (primary N) is 1. The van der Waals surface area contributed by atoms with Crippen LogP contribution in [0, 0.1) is 5.92 Å². The number of imidazole rings is 1. The first-order valence-electron chi connectivity index (χ1n) is 9.26. The zero-order chi connectivity index (χ0) is 26.2. The predicted molar refractivity (Wildman–Crippen MR) is 123 cm³/mol. The minimum absolute atomic E-state index is 0. The van der Waals surface area contributed by atoms with Crippen molar-refractivity contribution in [3.63, 3.8) is 0 Å². The van der Waals surface area contributed by atoms with Gasteiger partial charge in [0.1, 0.15) is 18.4 Å². The fourth-order valence-electron chi connectivity index (χ4n) is 3.04. The molecule has 1 fully saturated rings. The molecule has 23 heteroatoms. The Hall–Kier alpha value is 0.998. The van der Waals surface area contributed by atoms with E-state index in [1.54, 1.807) is 4.57 Å². The minimum Gasteiger partial charge on any atom is -0.369 e. The number of rotatable bonds is 6. The summed E-state index contributed by atoms with van der Waals surface area (Å²) in [4.78, 5) is 51.2. The van der Waals surface area contributed by atoms with Crippen molar-refractivity contribution >= 4 is 49.7 Å². The second-order valence-corrected chi connectivity index (χ2v) is 10.3. The third kappa shape index (κ3) is 13.4. The van der Waals surface area contributed by atoms with E-state index in [1.165, 1.54) is 19.7 Å². The van der Waals surface area contributed by atoms with E-state index in [1.807, 2.05) is 6.92 Å². The van der Waals surface area contributed by atoms with Crippen LogP contribution in [0.1, 0.15) is 13.2 Å². The van der Waals surface area contributed by atoms with Gasteiger partial charge in [0.15, 0.2) is 27.2 Å². The van der Waals surface area contributed by atoms with Crippen LogP contribution in [0.25, 0.3) is 11.2 Å². The molecule has 1 aliphatic heterocycles. The summed E-state index contributed by atoms with van der Waals surface area (Å²) in [6, 6.07) is 0. The summed E-state index contributed by atoms with van der Waals surface area (Å²) in [6.45, 7) is 4.86. The zero-order valence-electron chi connectivity index (χ0n) is 19.2. The maximum Gasteiger partial charge on any atom is 0.314 e. The molecule has 0 aliphatic carbocycles. The average molecular weight is 747 g/mol. The largest absolute Gasteiger partial charge is 0.369 e. The van der Waals surface area contributed by atoms with Gasteiger partial charge >= 0.3 is 16.5 Å². The van der Waals surface area contributed by atoms with Gasteiger partial charge in [-0.25, -0.2) is 4.98 Å². The molecule has 2 radical (unpaired) electrons. The number of nitrogens with zero attached hydrogens (tertiary/aromatic N) is 3. The molecule has 202 valence electrons. The molecule has 0 amide bonds. The summed E-state index contributed by atoms with van der Waals surface area (Å²) in [5.41, 5.74) is 5.58. The van der Waals surface area contributed by atoms with Crippen molar-refractivity contribution in [2.45, 2.75) is 25.4 Å². The van der Waals surface area contributed by atoms with Gasteiger partial charge in [0.2, 0.25) is 5.95 Å². The van der Waals surface area contributed by atoms with E-state index in [9.17, 15) is 13.9 Å². The van der Waals surface area contributed by atoms with Crippen LogP contribution in [0.4, 0.5) is 5.95 Å². The third-order valence-corrected chi connectivity index (χ3v) is 5.30. The van der Waals surface area contributed by atoms with Crippen LogP contribution >= 0.6 is 32.6 Å². The first-order chi connectivity index (χ1) is 15.7. The monoisotopic (exact) mass is 747 g/mol. The predicted octanol–water partition coefficient (Wildman–Crippen LogP) is -0.438. The fourth-order valence-corrected chi connectivity index (χ4v) is 4.19. The van der Waals surface area contributed by atoms with E-state index in [4.69, 9.17) is 48.2 Å². The number of ether oxygens (including phenoxy) is 1. The van der Waals surface area contributed by atoms with Crippen LogP contribution < -0.4 is 11.3 Å².